The molecular formula is C22H22N6OS. The highest BCUT2D eigenvalue weighted by Crippen LogP contribution is 2.40. The average Bonchev–Trinajstić information content (AvgIpc) is 3.33. The molecule has 1 fully saturated rings. The summed E-state index contributed by atoms with van der Waals surface area (Å²) in [6.07, 6.45) is 5.49. The van der Waals surface area contributed by atoms with Gasteiger partial charge in [-0.15, -0.1) is 11.3 Å². The molecule has 30 heavy (non-hydrogen) atoms. The van der Waals surface area contributed by atoms with Gasteiger partial charge < -0.3 is 5.32 Å². The van der Waals surface area contributed by atoms with Crippen molar-refractivity contribution in [1.29, 1.82) is 0 Å². The second-order valence-corrected chi connectivity index (χ2v) is 8.80. The summed E-state index contributed by atoms with van der Waals surface area (Å²) in [5.41, 5.74) is 3.88. The van der Waals surface area contributed by atoms with Gasteiger partial charge in [-0.2, -0.15) is 5.10 Å². The second-order valence-electron chi connectivity index (χ2n) is 7.80. The highest BCUT2D eigenvalue weighted by atomic mass is 32.1. The molecule has 1 aliphatic rings. The van der Waals surface area contributed by atoms with Gasteiger partial charge in [-0.3, -0.25) is 4.79 Å². The Morgan fingerprint density at radius 1 is 1.20 bits per heavy atom. The number of nitrogens with zero attached hydrogens (tertiary/aromatic N) is 5. The molecule has 8 heteroatoms. The van der Waals surface area contributed by atoms with Crippen molar-refractivity contribution in [1.82, 2.24) is 30.0 Å². The molecule has 1 aromatic carbocycles. The van der Waals surface area contributed by atoms with Crippen LogP contribution >= 0.6 is 11.3 Å². The first-order valence-corrected chi connectivity index (χ1v) is 10.9. The van der Waals surface area contributed by atoms with Gasteiger partial charge in [0.05, 0.1) is 22.3 Å². The number of hydrogen-bond acceptors (Lipinski definition) is 6. The topological polar surface area (TPSA) is 85.6 Å². The Bertz CT molecular complexity index is 1220. The molecule has 1 amide bonds. The molecule has 7 nitrogen and oxygen atoms in total. The molecule has 0 bridgehead atoms. The fourth-order valence-corrected chi connectivity index (χ4v) is 4.85. The van der Waals surface area contributed by atoms with Crippen LogP contribution in [0.1, 0.15) is 64.0 Å². The number of amides is 1. The molecule has 1 unspecified atom stereocenters. The van der Waals surface area contributed by atoms with E-state index in [-0.39, 0.29) is 11.9 Å². The minimum absolute atomic E-state index is 0.0734. The van der Waals surface area contributed by atoms with Gasteiger partial charge in [-0.25, -0.2) is 19.6 Å². The molecule has 1 aliphatic carbocycles. The van der Waals surface area contributed by atoms with Gasteiger partial charge in [0.25, 0.3) is 5.91 Å². The fourth-order valence-electron chi connectivity index (χ4n) is 3.70. The van der Waals surface area contributed by atoms with Crippen LogP contribution in [0.2, 0.25) is 0 Å². The van der Waals surface area contributed by atoms with Gasteiger partial charge in [-0.1, -0.05) is 12.1 Å². The van der Waals surface area contributed by atoms with Crippen molar-refractivity contribution >= 4 is 27.5 Å². The van der Waals surface area contributed by atoms with Gasteiger partial charge in [0, 0.05) is 11.3 Å². The van der Waals surface area contributed by atoms with Crippen molar-refractivity contribution in [2.75, 3.05) is 0 Å². The van der Waals surface area contributed by atoms with Crippen LogP contribution in [-0.4, -0.2) is 30.6 Å². The Morgan fingerprint density at radius 2 is 1.97 bits per heavy atom. The molecule has 1 atom stereocenters. The van der Waals surface area contributed by atoms with Crippen LogP contribution in [0.3, 0.4) is 0 Å². The van der Waals surface area contributed by atoms with E-state index in [1.165, 1.54) is 17.7 Å². The highest BCUT2D eigenvalue weighted by molar-refractivity contribution is 7.20. The Kier molecular flexibility index (Phi) is 4.58. The number of hydrogen-bond donors (Lipinski definition) is 1. The van der Waals surface area contributed by atoms with Gasteiger partial charge in [0.15, 0.2) is 0 Å². The lowest BCUT2D eigenvalue weighted by atomic mass is 10.1. The van der Waals surface area contributed by atoms with Crippen LogP contribution in [-0.2, 0) is 0 Å². The zero-order chi connectivity index (χ0) is 20.8. The fraction of sp³-hybridized carbons (Fsp3) is 0.318. The quantitative estimate of drug-likeness (QED) is 0.523. The lowest BCUT2D eigenvalue weighted by Gasteiger charge is -2.14. The van der Waals surface area contributed by atoms with Crippen LogP contribution < -0.4 is 5.32 Å². The van der Waals surface area contributed by atoms with Crippen LogP contribution in [0.15, 0.2) is 36.9 Å². The van der Waals surface area contributed by atoms with Gasteiger partial charge in [-0.05, 0) is 56.9 Å². The minimum Gasteiger partial charge on any atom is -0.345 e. The van der Waals surface area contributed by atoms with Crippen LogP contribution in [0, 0.1) is 13.8 Å². The Morgan fingerprint density at radius 3 is 2.63 bits per heavy atom. The third-order valence-corrected chi connectivity index (χ3v) is 6.75. The third-order valence-electron chi connectivity index (χ3n) is 5.56. The number of thiophene rings is 1. The molecule has 3 heterocycles. The molecular weight excluding hydrogens is 396 g/mol. The normalized spacial score (nSPS) is 14.8. The number of fused-ring (bicyclic) bond motifs is 1. The van der Waals surface area contributed by atoms with Crippen molar-refractivity contribution in [3.63, 3.8) is 0 Å². The molecule has 0 spiro atoms. The first-order valence-electron chi connectivity index (χ1n) is 10.0. The van der Waals surface area contributed by atoms with Crippen LogP contribution in [0.25, 0.3) is 15.9 Å². The number of nitrogens with one attached hydrogen (secondary N) is 1. The predicted molar refractivity (Wildman–Crippen MR) is 116 cm³/mol. The number of rotatable bonds is 5. The Labute approximate surface area is 178 Å². The van der Waals surface area contributed by atoms with Gasteiger partial charge >= 0.3 is 0 Å². The molecule has 0 radical (unpaired) electrons. The molecule has 0 aliphatic heterocycles. The first kappa shape index (κ1) is 18.9. The Balaban J connectivity index is 1.37. The van der Waals surface area contributed by atoms with Crippen molar-refractivity contribution in [3.05, 3.63) is 64.4 Å². The van der Waals surface area contributed by atoms with E-state index < -0.39 is 0 Å². The highest BCUT2D eigenvalue weighted by Gasteiger charge is 2.28. The van der Waals surface area contributed by atoms with E-state index in [0.29, 0.717) is 10.8 Å². The summed E-state index contributed by atoms with van der Waals surface area (Å²) in [4.78, 5) is 28.1. The third kappa shape index (κ3) is 3.37. The summed E-state index contributed by atoms with van der Waals surface area (Å²) in [5, 5.41) is 8.27. The minimum atomic E-state index is -0.124. The van der Waals surface area contributed by atoms with Crippen molar-refractivity contribution in [2.24, 2.45) is 0 Å². The number of carbonyl (C=O) groups is 1. The maximum absolute atomic E-state index is 13.0. The van der Waals surface area contributed by atoms with Crippen molar-refractivity contribution in [3.8, 4) is 5.69 Å². The van der Waals surface area contributed by atoms with Gasteiger partial charge in [0.1, 0.15) is 23.3 Å². The lowest BCUT2D eigenvalue weighted by Crippen LogP contribution is -2.26. The van der Waals surface area contributed by atoms with E-state index in [0.717, 1.165) is 51.4 Å². The standard InChI is InChI=1S/C22H22N6OS/c1-12-18-14(3)25-20(16-4-5-16)27-22(18)30-19(12)21(29)26-13(2)15-6-8-17(9-7-15)28-11-23-10-24-28/h6-11,13,16H,4-5H2,1-3H3,(H,26,29). The zero-order valence-corrected chi connectivity index (χ0v) is 17.9. The number of carbonyl (C=O) groups excluding carboxylic acids is 1. The smallest absolute Gasteiger partial charge is 0.262 e. The lowest BCUT2D eigenvalue weighted by molar-refractivity contribution is 0.0943. The maximum atomic E-state index is 13.0. The zero-order valence-electron chi connectivity index (χ0n) is 17.1. The van der Waals surface area contributed by atoms with E-state index in [4.69, 9.17) is 4.98 Å². The van der Waals surface area contributed by atoms with Gasteiger partial charge in [0.2, 0.25) is 0 Å². The van der Waals surface area contributed by atoms with E-state index in [1.807, 2.05) is 45.0 Å². The van der Waals surface area contributed by atoms with E-state index >= 15 is 0 Å². The van der Waals surface area contributed by atoms with Crippen molar-refractivity contribution < 1.29 is 4.79 Å². The Hall–Kier alpha value is -3.13. The summed E-state index contributed by atoms with van der Waals surface area (Å²) in [5.74, 6) is 1.35. The van der Waals surface area contributed by atoms with Crippen molar-refractivity contribution in [2.45, 2.75) is 45.6 Å². The average molecular weight is 419 g/mol. The largest absolute Gasteiger partial charge is 0.345 e. The summed E-state index contributed by atoms with van der Waals surface area (Å²) in [6, 6.07) is 7.81. The summed E-state index contributed by atoms with van der Waals surface area (Å²) >= 11 is 1.46. The molecule has 0 saturated heterocycles. The molecule has 1 N–H and O–H groups in total. The van der Waals surface area contributed by atoms with E-state index in [2.05, 4.69) is 20.4 Å². The van der Waals surface area contributed by atoms with Crippen LogP contribution in [0.4, 0.5) is 0 Å². The monoisotopic (exact) mass is 418 g/mol. The molecule has 3 aromatic heterocycles. The molecule has 5 rings (SSSR count). The molecule has 152 valence electrons. The number of benzene rings is 1. The van der Waals surface area contributed by atoms with E-state index in [9.17, 15) is 4.79 Å². The molecule has 4 aromatic rings. The predicted octanol–water partition coefficient (Wildman–Crippen LogP) is 4.26. The summed E-state index contributed by atoms with van der Waals surface area (Å²) in [6.45, 7) is 5.98. The SMILES string of the molecule is Cc1nc(C2CC2)nc2sc(C(=O)NC(C)c3ccc(-n4cncn4)cc3)c(C)c12. The van der Waals surface area contributed by atoms with Crippen LogP contribution in [0.5, 0.6) is 0 Å². The maximum Gasteiger partial charge on any atom is 0.262 e. The summed E-state index contributed by atoms with van der Waals surface area (Å²) in [7, 11) is 0. The van der Waals surface area contributed by atoms with E-state index in [1.54, 1.807) is 11.0 Å². The summed E-state index contributed by atoms with van der Waals surface area (Å²) < 4.78 is 1.70. The first-order chi connectivity index (χ1) is 14.5. The number of aromatic nitrogens is 5. The number of aryl methyl sites for hydroxylation is 2. The second kappa shape index (κ2) is 7.28. The molecule has 1 saturated carbocycles.